The fourth-order valence-corrected chi connectivity index (χ4v) is 4.64. The molecule has 20 heavy (non-hydrogen) atoms. The highest BCUT2D eigenvalue weighted by atomic mass is 16.2. The zero-order valence-corrected chi connectivity index (χ0v) is 10.9. The topological polar surface area (TPSA) is 68.3 Å². The van der Waals surface area contributed by atoms with Crippen LogP contribution in [0.25, 0.3) is 0 Å². The van der Waals surface area contributed by atoms with Crippen molar-refractivity contribution in [1.29, 1.82) is 0 Å². The quantitative estimate of drug-likeness (QED) is 0.726. The molecule has 0 heterocycles. The largest absolute Gasteiger partial charge is 0.299 e. The van der Waals surface area contributed by atoms with Crippen molar-refractivity contribution in [1.82, 2.24) is 0 Å². The van der Waals surface area contributed by atoms with Gasteiger partial charge in [0.05, 0.1) is 11.3 Å². The molecule has 1 spiro atoms. The van der Waals surface area contributed by atoms with E-state index in [4.69, 9.17) is 0 Å². The van der Waals surface area contributed by atoms with E-state index in [0.29, 0.717) is 17.5 Å². The molecule has 1 aromatic rings. The van der Waals surface area contributed by atoms with Gasteiger partial charge in [-0.15, -0.1) is 0 Å². The summed E-state index contributed by atoms with van der Waals surface area (Å²) in [6.07, 6.45) is 0.548. The second-order valence-electron chi connectivity index (χ2n) is 5.93. The second-order valence-corrected chi connectivity index (χ2v) is 5.93. The number of fused-ring (bicyclic) bond motifs is 2. The Labute approximate surface area is 115 Å². The Bertz CT molecular complexity index is 732. The predicted octanol–water partition coefficient (Wildman–Crippen LogP) is 1.62. The number of ketones is 4. The number of benzene rings is 1. The van der Waals surface area contributed by atoms with Crippen LogP contribution >= 0.6 is 0 Å². The molecule has 0 radical (unpaired) electrons. The van der Waals surface area contributed by atoms with Crippen molar-refractivity contribution < 1.29 is 19.2 Å². The molecule has 0 bridgehead atoms. The Morgan fingerprint density at radius 2 is 1.80 bits per heavy atom. The molecular formula is C16H12O4. The van der Waals surface area contributed by atoms with Gasteiger partial charge in [-0.3, -0.25) is 19.2 Å². The van der Waals surface area contributed by atoms with Crippen molar-refractivity contribution in [3.63, 3.8) is 0 Å². The normalized spacial score (nSPS) is 37.2. The number of Topliss-reactive ketones (excluding diaryl/α,β-unsaturated/α-hetero) is 4. The van der Waals surface area contributed by atoms with Gasteiger partial charge in [-0.05, 0) is 13.3 Å². The SMILES string of the molecule is CC(=O)[C@@]12C(=O)CC[C@@]13C(=O)c1ccccc1C(=O)[C@@H]23. The van der Waals surface area contributed by atoms with Gasteiger partial charge in [0, 0.05) is 17.5 Å². The molecule has 0 amide bonds. The number of hydrogen-bond donors (Lipinski definition) is 0. The first-order valence-corrected chi connectivity index (χ1v) is 6.72. The first-order chi connectivity index (χ1) is 9.49. The van der Waals surface area contributed by atoms with Crippen LogP contribution in [0.15, 0.2) is 24.3 Å². The molecule has 100 valence electrons. The van der Waals surface area contributed by atoms with Gasteiger partial charge in [0.1, 0.15) is 17.0 Å². The standard InChI is InChI=1S/C16H12O4/c1-8(17)16-11(18)6-7-15(16)13(16)12(19)9-4-2-3-5-10(9)14(15)20/h2-5,13H,6-7H2,1H3/t13-,15-,16+/m1/s1. The molecule has 1 aromatic carbocycles. The van der Waals surface area contributed by atoms with Gasteiger partial charge in [-0.1, -0.05) is 24.3 Å². The van der Waals surface area contributed by atoms with Gasteiger partial charge in [-0.2, -0.15) is 0 Å². The van der Waals surface area contributed by atoms with Gasteiger partial charge < -0.3 is 0 Å². The van der Waals surface area contributed by atoms with Crippen LogP contribution in [0.3, 0.4) is 0 Å². The molecule has 4 rings (SSSR count). The third kappa shape index (κ3) is 0.865. The van der Waals surface area contributed by atoms with E-state index in [-0.39, 0.29) is 29.6 Å². The third-order valence-corrected chi connectivity index (χ3v) is 5.39. The smallest absolute Gasteiger partial charge is 0.172 e. The summed E-state index contributed by atoms with van der Waals surface area (Å²) in [6, 6.07) is 6.62. The Hall–Kier alpha value is -2.10. The van der Waals surface area contributed by atoms with Gasteiger partial charge in [0.25, 0.3) is 0 Å². The lowest BCUT2D eigenvalue weighted by Crippen LogP contribution is -2.29. The van der Waals surface area contributed by atoms with E-state index >= 15 is 0 Å². The van der Waals surface area contributed by atoms with Crippen molar-refractivity contribution >= 4 is 23.1 Å². The first-order valence-electron chi connectivity index (χ1n) is 6.72. The molecule has 3 aliphatic carbocycles. The number of hydrogen-bond acceptors (Lipinski definition) is 4. The second kappa shape index (κ2) is 3.14. The summed E-state index contributed by atoms with van der Waals surface area (Å²) in [5.74, 6) is -1.73. The molecule has 2 fully saturated rings. The van der Waals surface area contributed by atoms with Gasteiger partial charge in [-0.25, -0.2) is 0 Å². The molecule has 0 aliphatic heterocycles. The van der Waals surface area contributed by atoms with E-state index in [9.17, 15) is 19.2 Å². The van der Waals surface area contributed by atoms with E-state index in [0.717, 1.165) is 0 Å². The maximum Gasteiger partial charge on any atom is 0.172 e. The minimum Gasteiger partial charge on any atom is -0.299 e. The van der Waals surface area contributed by atoms with Crippen molar-refractivity contribution in [3.05, 3.63) is 35.4 Å². The highest BCUT2D eigenvalue weighted by Crippen LogP contribution is 2.79. The minimum absolute atomic E-state index is 0.196. The molecule has 4 nitrogen and oxygen atoms in total. The molecule has 0 N–H and O–H groups in total. The van der Waals surface area contributed by atoms with Crippen molar-refractivity contribution in [3.8, 4) is 0 Å². The van der Waals surface area contributed by atoms with Gasteiger partial charge >= 0.3 is 0 Å². The lowest BCUT2D eigenvalue weighted by Gasteiger charge is -2.20. The number of carbonyl (C=O) groups is 4. The van der Waals surface area contributed by atoms with Crippen molar-refractivity contribution in [2.24, 2.45) is 16.7 Å². The Morgan fingerprint density at radius 1 is 1.15 bits per heavy atom. The third-order valence-electron chi connectivity index (χ3n) is 5.39. The van der Waals surface area contributed by atoms with E-state index in [1.807, 2.05) is 0 Å². The molecule has 4 heteroatoms. The van der Waals surface area contributed by atoms with Crippen LogP contribution in [0.1, 0.15) is 40.5 Å². The summed E-state index contributed by atoms with van der Waals surface area (Å²) in [6.45, 7) is 1.33. The van der Waals surface area contributed by atoms with Crippen LogP contribution in [0, 0.1) is 16.7 Å². The molecule has 0 unspecified atom stereocenters. The van der Waals surface area contributed by atoms with Crippen molar-refractivity contribution in [2.45, 2.75) is 19.8 Å². The van der Waals surface area contributed by atoms with Crippen LogP contribution in [0.2, 0.25) is 0 Å². The average Bonchev–Trinajstić information content (AvgIpc) is 2.98. The fourth-order valence-electron chi connectivity index (χ4n) is 4.64. The van der Waals surface area contributed by atoms with E-state index < -0.39 is 16.7 Å². The summed E-state index contributed by atoms with van der Waals surface area (Å²) in [5.41, 5.74) is -1.70. The first kappa shape index (κ1) is 11.7. The Kier molecular flexibility index (Phi) is 1.84. The molecule has 2 saturated carbocycles. The predicted molar refractivity (Wildman–Crippen MR) is 68.4 cm³/mol. The van der Waals surface area contributed by atoms with Crippen LogP contribution in [0.5, 0.6) is 0 Å². The monoisotopic (exact) mass is 268 g/mol. The molecule has 3 atom stereocenters. The highest BCUT2D eigenvalue weighted by molar-refractivity contribution is 6.33. The summed E-state index contributed by atoms with van der Waals surface area (Å²) >= 11 is 0. The van der Waals surface area contributed by atoms with Crippen LogP contribution in [-0.2, 0) is 9.59 Å². The summed E-state index contributed by atoms with van der Waals surface area (Å²) in [5, 5.41) is 0. The zero-order chi connectivity index (χ0) is 14.3. The van der Waals surface area contributed by atoms with Crippen LogP contribution in [-0.4, -0.2) is 23.1 Å². The molecular weight excluding hydrogens is 256 g/mol. The summed E-state index contributed by atoms with van der Waals surface area (Å²) in [7, 11) is 0. The van der Waals surface area contributed by atoms with Crippen molar-refractivity contribution in [2.75, 3.05) is 0 Å². The Morgan fingerprint density at radius 3 is 2.45 bits per heavy atom. The maximum absolute atomic E-state index is 12.8. The zero-order valence-electron chi connectivity index (χ0n) is 10.9. The minimum atomic E-state index is -1.36. The number of rotatable bonds is 1. The Balaban J connectivity index is 2.02. The lowest BCUT2D eigenvalue weighted by molar-refractivity contribution is -0.133. The fraction of sp³-hybridized carbons (Fsp3) is 0.375. The average molecular weight is 268 g/mol. The van der Waals surface area contributed by atoms with Gasteiger partial charge in [0.2, 0.25) is 0 Å². The summed E-state index contributed by atoms with van der Waals surface area (Å²) < 4.78 is 0. The van der Waals surface area contributed by atoms with Gasteiger partial charge in [0.15, 0.2) is 11.6 Å². The van der Waals surface area contributed by atoms with Crippen LogP contribution in [0.4, 0.5) is 0 Å². The molecule has 0 aromatic heterocycles. The van der Waals surface area contributed by atoms with E-state index in [2.05, 4.69) is 0 Å². The lowest BCUT2D eigenvalue weighted by atomic mass is 9.79. The van der Waals surface area contributed by atoms with Crippen LogP contribution < -0.4 is 0 Å². The highest BCUT2D eigenvalue weighted by Gasteiger charge is 2.91. The summed E-state index contributed by atoms with van der Waals surface area (Å²) in [4.78, 5) is 49.8. The molecule has 3 aliphatic rings. The molecule has 0 saturated heterocycles. The maximum atomic E-state index is 12.8. The number of carbonyl (C=O) groups excluding carboxylic acids is 4. The van der Waals surface area contributed by atoms with E-state index in [1.54, 1.807) is 24.3 Å². The van der Waals surface area contributed by atoms with E-state index in [1.165, 1.54) is 6.92 Å².